The predicted molar refractivity (Wildman–Crippen MR) is 161 cm³/mol. The van der Waals surface area contributed by atoms with Crippen molar-refractivity contribution in [2.75, 3.05) is 69.3 Å². The summed E-state index contributed by atoms with van der Waals surface area (Å²) in [6.45, 7) is 5.55. The van der Waals surface area contributed by atoms with Gasteiger partial charge in [0, 0.05) is 50.4 Å². The van der Waals surface area contributed by atoms with E-state index in [1.54, 1.807) is 14.2 Å². The molecule has 1 atom stereocenters. The molecule has 1 fully saturated rings. The number of morpholine rings is 1. The number of anilines is 4. The van der Waals surface area contributed by atoms with Gasteiger partial charge in [0.15, 0.2) is 5.65 Å². The van der Waals surface area contributed by atoms with Crippen LogP contribution in [0.15, 0.2) is 36.7 Å². The van der Waals surface area contributed by atoms with Crippen LogP contribution in [0.25, 0.3) is 11.2 Å². The van der Waals surface area contributed by atoms with Gasteiger partial charge in [-0.1, -0.05) is 0 Å². The molecule has 6 rings (SSSR count). The molecule has 1 amide bonds. The molecule has 14 nitrogen and oxygen atoms in total. The number of fused-ring (bicyclic) bond motifs is 3. The molecule has 0 spiro atoms. The predicted octanol–water partition coefficient (Wildman–Crippen LogP) is 2.93. The van der Waals surface area contributed by atoms with Crippen LogP contribution >= 0.6 is 0 Å². The summed E-state index contributed by atoms with van der Waals surface area (Å²) >= 11 is 0. The Labute approximate surface area is 248 Å². The molecule has 2 aliphatic rings. The van der Waals surface area contributed by atoms with Crippen molar-refractivity contribution in [3.63, 3.8) is 0 Å². The van der Waals surface area contributed by atoms with Crippen molar-refractivity contribution in [3.8, 4) is 11.5 Å². The van der Waals surface area contributed by atoms with Gasteiger partial charge in [-0.2, -0.15) is 4.98 Å². The molecule has 0 unspecified atom stereocenters. The van der Waals surface area contributed by atoms with Crippen molar-refractivity contribution >= 4 is 40.5 Å². The van der Waals surface area contributed by atoms with E-state index in [-0.39, 0.29) is 18.7 Å². The SMILES string of the molecule is COc1ccc(CN(C)c2cc3nc4c2ncn4C(=O)N[C@H](C)COCc2cc(nc(N4CCOCC4)n2)N3)c(OC)c1. The maximum atomic E-state index is 13.3. The van der Waals surface area contributed by atoms with E-state index >= 15 is 0 Å². The zero-order valence-corrected chi connectivity index (χ0v) is 24.7. The second-order valence-electron chi connectivity index (χ2n) is 10.5. The van der Waals surface area contributed by atoms with E-state index in [0.29, 0.717) is 85.4 Å². The number of nitrogens with zero attached hydrogens (tertiary/aromatic N) is 7. The number of rotatable bonds is 6. The smallest absolute Gasteiger partial charge is 0.328 e. The number of amides is 1. The average molecular weight is 590 g/mol. The van der Waals surface area contributed by atoms with Gasteiger partial charge in [-0.15, -0.1) is 0 Å². The minimum absolute atomic E-state index is 0.259. The van der Waals surface area contributed by atoms with Gasteiger partial charge < -0.3 is 39.4 Å². The normalized spacial score (nSPS) is 17.3. The Hall–Kier alpha value is -4.69. The number of hydrogen-bond donors (Lipinski definition) is 2. The van der Waals surface area contributed by atoms with E-state index in [0.717, 1.165) is 11.3 Å². The van der Waals surface area contributed by atoms with Crippen molar-refractivity contribution < 1.29 is 23.7 Å². The summed E-state index contributed by atoms with van der Waals surface area (Å²) < 4.78 is 23.9. The fraction of sp³-hybridized carbons (Fsp3) is 0.414. The average Bonchev–Trinajstić information content (AvgIpc) is 3.45. The molecular weight excluding hydrogens is 554 g/mol. The molecule has 1 aromatic carbocycles. The van der Waals surface area contributed by atoms with E-state index in [9.17, 15) is 4.79 Å². The highest BCUT2D eigenvalue weighted by atomic mass is 16.5. The van der Waals surface area contributed by atoms with Crippen molar-refractivity contribution in [2.45, 2.75) is 26.1 Å². The van der Waals surface area contributed by atoms with Crippen molar-refractivity contribution in [1.82, 2.24) is 29.8 Å². The van der Waals surface area contributed by atoms with Gasteiger partial charge in [0.2, 0.25) is 5.95 Å². The topological polar surface area (TPSA) is 141 Å². The van der Waals surface area contributed by atoms with Crippen LogP contribution < -0.4 is 29.9 Å². The number of benzene rings is 1. The Kier molecular flexibility index (Phi) is 8.11. The van der Waals surface area contributed by atoms with Crippen molar-refractivity contribution in [2.24, 2.45) is 0 Å². The first-order chi connectivity index (χ1) is 20.9. The number of carbonyl (C=O) groups is 1. The van der Waals surface area contributed by atoms with Gasteiger partial charge in [0.25, 0.3) is 0 Å². The van der Waals surface area contributed by atoms with E-state index in [4.69, 9.17) is 33.9 Å². The van der Waals surface area contributed by atoms with Crippen LogP contribution in [-0.4, -0.2) is 90.8 Å². The maximum absolute atomic E-state index is 13.3. The first-order valence-electron chi connectivity index (χ1n) is 14.1. The number of carbonyl (C=O) groups excluding carboxylic acids is 1. The fourth-order valence-electron chi connectivity index (χ4n) is 5.12. The zero-order chi connectivity index (χ0) is 29.9. The van der Waals surface area contributed by atoms with E-state index in [1.165, 1.54) is 10.9 Å². The molecule has 0 aliphatic carbocycles. The summed E-state index contributed by atoms with van der Waals surface area (Å²) in [4.78, 5) is 36.4. The van der Waals surface area contributed by atoms with Crippen LogP contribution in [0, 0.1) is 0 Å². The monoisotopic (exact) mass is 589 g/mol. The lowest BCUT2D eigenvalue weighted by Crippen LogP contribution is -2.38. The van der Waals surface area contributed by atoms with Crippen LogP contribution in [0.1, 0.15) is 18.2 Å². The van der Waals surface area contributed by atoms with Gasteiger partial charge in [0.1, 0.15) is 35.0 Å². The molecule has 3 aromatic heterocycles. The maximum Gasteiger partial charge on any atom is 0.328 e. The molecule has 4 bridgehead atoms. The third-order valence-electron chi connectivity index (χ3n) is 7.32. The summed E-state index contributed by atoms with van der Waals surface area (Å²) in [5.74, 6) is 3.06. The molecule has 2 aliphatic heterocycles. The van der Waals surface area contributed by atoms with Crippen LogP contribution in [0.5, 0.6) is 11.5 Å². The zero-order valence-electron chi connectivity index (χ0n) is 24.7. The largest absolute Gasteiger partial charge is 0.497 e. The third kappa shape index (κ3) is 6.10. The molecule has 2 N–H and O–H groups in total. The second kappa shape index (κ2) is 12.3. The molecule has 226 valence electrons. The summed E-state index contributed by atoms with van der Waals surface area (Å²) in [5.41, 5.74) is 3.41. The number of imidazole rings is 1. The standard InChI is InChI=1S/C29H35N9O5/c1-18-15-43-16-20-11-24(35-28(32-20)37-7-9-42-10-8-37)33-25-13-22(26-27(34-25)38(17-30-26)29(39)31-18)36(2)14-19-5-6-21(40-3)12-23(19)41-4/h5-6,11-13,17-18H,7-10,14-16H2,1-4H3,(H,31,39)(H,32,33,34,35)/t18-/m1/s1. The Morgan fingerprint density at radius 1 is 1.05 bits per heavy atom. The Morgan fingerprint density at radius 2 is 1.86 bits per heavy atom. The van der Waals surface area contributed by atoms with Gasteiger partial charge >= 0.3 is 6.03 Å². The highest BCUT2D eigenvalue weighted by Gasteiger charge is 2.22. The number of methoxy groups -OCH3 is 2. The first kappa shape index (κ1) is 28.4. The summed E-state index contributed by atoms with van der Waals surface area (Å²) in [6.07, 6.45) is 1.49. The second-order valence-corrected chi connectivity index (χ2v) is 10.5. The molecule has 0 radical (unpaired) electrons. The molecule has 43 heavy (non-hydrogen) atoms. The lowest BCUT2D eigenvalue weighted by Gasteiger charge is -2.27. The van der Waals surface area contributed by atoms with Crippen LogP contribution in [0.2, 0.25) is 0 Å². The Bertz CT molecular complexity index is 1620. The Balaban J connectivity index is 1.42. The molecule has 5 heterocycles. The van der Waals surface area contributed by atoms with Gasteiger partial charge in [-0.3, -0.25) is 0 Å². The lowest BCUT2D eigenvalue weighted by molar-refractivity contribution is 0.102. The van der Waals surface area contributed by atoms with Gasteiger partial charge in [-0.25, -0.2) is 24.3 Å². The highest BCUT2D eigenvalue weighted by Crippen LogP contribution is 2.32. The Morgan fingerprint density at radius 3 is 2.65 bits per heavy atom. The highest BCUT2D eigenvalue weighted by molar-refractivity contribution is 5.95. The molecule has 0 saturated carbocycles. The van der Waals surface area contributed by atoms with Crippen LogP contribution in [0.3, 0.4) is 0 Å². The number of hydrogen-bond acceptors (Lipinski definition) is 12. The van der Waals surface area contributed by atoms with Crippen molar-refractivity contribution in [1.29, 1.82) is 0 Å². The van der Waals surface area contributed by atoms with Crippen molar-refractivity contribution in [3.05, 3.63) is 47.9 Å². The van der Waals surface area contributed by atoms with Crippen LogP contribution in [0.4, 0.5) is 28.1 Å². The van der Waals surface area contributed by atoms with E-state index in [1.807, 2.05) is 49.2 Å². The van der Waals surface area contributed by atoms with E-state index in [2.05, 4.69) is 20.5 Å². The molecular formula is C29H35N9O5. The third-order valence-corrected chi connectivity index (χ3v) is 7.32. The number of nitrogens with one attached hydrogen (secondary N) is 2. The van der Waals surface area contributed by atoms with E-state index < -0.39 is 0 Å². The molecule has 14 heteroatoms. The first-order valence-corrected chi connectivity index (χ1v) is 14.1. The summed E-state index contributed by atoms with van der Waals surface area (Å²) in [7, 11) is 5.21. The number of aromatic nitrogens is 5. The lowest BCUT2D eigenvalue weighted by atomic mass is 10.1. The minimum Gasteiger partial charge on any atom is -0.497 e. The number of pyridine rings is 1. The fourth-order valence-corrected chi connectivity index (χ4v) is 5.12. The quantitative estimate of drug-likeness (QED) is 0.342. The summed E-state index contributed by atoms with van der Waals surface area (Å²) in [5, 5.41) is 6.33. The number of ether oxygens (including phenoxy) is 4. The van der Waals surface area contributed by atoms with Gasteiger partial charge in [0.05, 0.1) is 58.1 Å². The summed E-state index contributed by atoms with van der Waals surface area (Å²) in [6, 6.07) is 8.85. The van der Waals surface area contributed by atoms with Crippen LogP contribution in [-0.2, 0) is 22.6 Å². The molecule has 4 aromatic rings. The minimum atomic E-state index is -0.352. The molecule has 1 saturated heterocycles. The van der Waals surface area contributed by atoms with Gasteiger partial charge in [-0.05, 0) is 19.1 Å².